The van der Waals surface area contributed by atoms with Crippen LogP contribution in [-0.2, 0) is 16.1 Å². The van der Waals surface area contributed by atoms with Crippen molar-refractivity contribution in [2.75, 3.05) is 19.8 Å². The summed E-state index contributed by atoms with van der Waals surface area (Å²) < 4.78 is 5.41. The van der Waals surface area contributed by atoms with E-state index in [4.69, 9.17) is 15.5 Å². The van der Waals surface area contributed by atoms with Gasteiger partial charge in [-0.05, 0) is 37.8 Å². The molecule has 28 heavy (non-hydrogen) atoms. The van der Waals surface area contributed by atoms with Crippen LogP contribution in [0.25, 0.3) is 11.4 Å². The van der Waals surface area contributed by atoms with E-state index in [1.807, 2.05) is 24.3 Å². The fourth-order valence-corrected chi connectivity index (χ4v) is 4.16. The highest BCUT2D eigenvalue weighted by Crippen LogP contribution is 2.26. The summed E-state index contributed by atoms with van der Waals surface area (Å²) in [4.78, 5) is 33.4. The van der Waals surface area contributed by atoms with Crippen LogP contribution in [0.4, 0.5) is 0 Å². The number of nitrogens with two attached hydrogens (primary N) is 1. The Labute approximate surface area is 163 Å². The number of nitrogens with one attached hydrogen (secondary N) is 1. The van der Waals surface area contributed by atoms with E-state index in [0.29, 0.717) is 25.6 Å². The highest BCUT2D eigenvalue weighted by molar-refractivity contribution is 5.80. The van der Waals surface area contributed by atoms with Gasteiger partial charge in [0.15, 0.2) is 0 Å². The average molecular weight is 382 g/mol. The molecule has 148 valence electrons. The number of likely N-dealkylation sites (tertiary alicyclic amines) is 1. The number of carbonyl (C=O) groups is 1. The second-order valence-electron chi connectivity index (χ2n) is 7.63. The predicted molar refractivity (Wildman–Crippen MR) is 106 cm³/mol. The van der Waals surface area contributed by atoms with Gasteiger partial charge in [-0.2, -0.15) is 0 Å². The lowest BCUT2D eigenvalue weighted by molar-refractivity contribution is -0.122. The Kier molecular flexibility index (Phi) is 5.54. The molecule has 2 fully saturated rings. The smallest absolute Gasteiger partial charge is 0.251 e. The SMILES string of the molecule is NC(=O)[C@@H]1CCCN1Cc1ccc(-c2nc(C3CCOCC3)cc(=O)[nH]2)cc1. The molecule has 7 nitrogen and oxygen atoms in total. The van der Waals surface area contributed by atoms with Gasteiger partial charge in [0.05, 0.1) is 11.7 Å². The molecule has 1 amide bonds. The first-order chi connectivity index (χ1) is 13.6. The van der Waals surface area contributed by atoms with Crippen LogP contribution in [0.1, 0.15) is 42.9 Å². The van der Waals surface area contributed by atoms with E-state index in [9.17, 15) is 9.59 Å². The number of rotatable bonds is 5. The van der Waals surface area contributed by atoms with Crippen LogP contribution in [0.3, 0.4) is 0 Å². The minimum atomic E-state index is -0.249. The third-order valence-electron chi connectivity index (χ3n) is 5.71. The minimum Gasteiger partial charge on any atom is -0.381 e. The Morgan fingerprint density at radius 3 is 2.68 bits per heavy atom. The van der Waals surface area contributed by atoms with Crippen LogP contribution >= 0.6 is 0 Å². The van der Waals surface area contributed by atoms with E-state index < -0.39 is 0 Å². The molecule has 2 aromatic rings. The summed E-state index contributed by atoms with van der Waals surface area (Å²) in [5.74, 6) is 0.618. The molecule has 0 bridgehead atoms. The lowest BCUT2D eigenvalue weighted by Gasteiger charge is -2.22. The quantitative estimate of drug-likeness (QED) is 0.821. The highest BCUT2D eigenvalue weighted by Gasteiger charge is 2.28. The molecule has 1 aromatic carbocycles. The maximum atomic E-state index is 12.1. The first-order valence-corrected chi connectivity index (χ1v) is 9.92. The number of carbonyl (C=O) groups excluding carboxylic acids is 1. The number of amides is 1. The number of H-pyrrole nitrogens is 1. The van der Waals surface area contributed by atoms with Crippen molar-refractivity contribution in [3.8, 4) is 11.4 Å². The molecule has 2 aliphatic heterocycles. The van der Waals surface area contributed by atoms with Gasteiger partial charge in [-0.15, -0.1) is 0 Å². The Morgan fingerprint density at radius 2 is 1.96 bits per heavy atom. The molecular formula is C21H26N4O3. The van der Waals surface area contributed by atoms with Crippen LogP contribution in [0.15, 0.2) is 35.1 Å². The van der Waals surface area contributed by atoms with Crippen LogP contribution in [0.5, 0.6) is 0 Å². The maximum absolute atomic E-state index is 12.1. The summed E-state index contributed by atoms with van der Waals surface area (Å²) >= 11 is 0. The maximum Gasteiger partial charge on any atom is 0.251 e. The molecule has 1 aromatic heterocycles. The van der Waals surface area contributed by atoms with Crippen molar-refractivity contribution in [3.63, 3.8) is 0 Å². The van der Waals surface area contributed by atoms with E-state index in [2.05, 4.69) is 9.88 Å². The Bertz CT molecular complexity index is 887. The van der Waals surface area contributed by atoms with Gasteiger partial charge in [-0.1, -0.05) is 24.3 Å². The van der Waals surface area contributed by atoms with Crippen molar-refractivity contribution < 1.29 is 9.53 Å². The summed E-state index contributed by atoms with van der Waals surface area (Å²) in [6, 6.07) is 9.41. The van der Waals surface area contributed by atoms with Gasteiger partial charge >= 0.3 is 0 Å². The minimum absolute atomic E-state index is 0.128. The van der Waals surface area contributed by atoms with Gasteiger partial charge < -0.3 is 15.5 Å². The molecule has 2 saturated heterocycles. The molecule has 0 aliphatic carbocycles. The third-order valence-corrected chi connectivity index (χ3v) is 5.71. The summed E-state index contributed by atoms with van der Waals surface area (Å²) in [6.45, 7) is 3.01. The van der Waals surface area contributed by atoms with E-state index >= 15 is 0 Å². The third kappa shape index (κ3) is 4.15. The molecule has 3 N–H and O–H groups in total. The summed E-state index contributed by atoms with van der Waals surface area (Å²) in [5, 5.41) is 0. The van der Waals surface area contributed by atoms with E-state index in [-0.39, 0.29) is 23.4 Å². The Balaban J connectivity index is 1.51. The van der Waals surface area contributed by atoms with Gasteiger partial charge in [0.2, 0.25) is 5.91 Å². The Morgan fingerprint density at radius 1 is 1.21 bits per heavy atom. The van der Waals surface area contributed by atoms with Gasteiger partial charge in [0, 0.05) is 37.3 Å². The molecule has 0 radical (unpaired) electrons. The zero-order valence-electron chi connectivity index (χ0n) is 15.9. The fourth-order valence-electron chi connectivity index (χ4n) is 4.16. The second kappa shape index (κ2) is 8.24. The number of ether oxygens (including phenoxy) is 1. The Hall–Kier alpha value is -2.51. The first kappa shape index (κ1) is 18.8. The largest absolute Gasteiger partial charge is 0.381 e. The van der Waals surface area contributed by atoms with E-state index in [1.54, 1.807) is 6.07 Å². The van der Waals surface area contributed by atoms with E-state index in [1.165, 1.54) is 0 Å². The van der Waals surface area contributed by atoms with Crippen LogP contribution in [0, 0.1) is 0 Å². The van der Waals surface area contributed by atoms with Crippen molar-refractivity contribution in [2.45, 2.75) is 44.2 Å². The molecular weight excluding hydrogens is 356 g/mol. The molecule has 0 unspecified atom stereocenters. The van der Waals surface area contributed by atoms with Crippen molar-refractivity contribution in [2.24, 2.45) is 5.73 Å². The normalized spacial score (nSPS) is 21.1. The molecule has 0 saturated carbocycles. The number of hydrogen-bond acceptors (Lipinski definition) is 5. The standard InChI is InChI=1S/C21H26N4O3/c22-20(27)18-2-1-9-25(18)13-14-3-5-16(6-4-14)21-23-17(12-19(26)24-21)15-7-10-28-11-8-15/h3-6,12,15,18H,1-2,7-11,13H2,(H2,22,27)(H,23,24,26)/t18-/m0/s1. The van der Waals surface area contributed by atoms with Crippen LogP contribution < -0.4 is 11.3 Å². The molecule has 4 rings (SSSR count). The zero-order valence-corrected chi connectivity index (χ0v) is 15.9. The van der Waals surface area contributed by atoms with Gasteiger partial charge in [-0.25, -0.2) is 4.98 Å². The average Bonchev–Trinajstić information content (AvgIpc) is 3.17. The van der Waals surface area contributed by atoms with Gasteiger partial charge in [0.25, 0.3) is 5.56 Å². The van der Waals surface area contributed by atoms with Crippen molar-refractivity contribution in [1.82, 2.24) is 14.9 Å². The zero-order chi connectivity index (χ0) is 19.5. The molecule has 0 spiro atoms. The number of aromatic nitrogens is 2. The number of primary amides is 1. The topological polar surface area (TPSA) is 101 Å². The molecule has 2 aliphatic rings. The predicted octanol–water partition coefficient (Wildman–Crippen LogP) is 1.78. The van der Waals surface area contributed by atoms with Gasteiger partial charge in [-0.3, -0.25) is 14.5 Å². The van der Waals surface area contributed by atoms with Crippen molar-refractivity contribution in [1.29, 1.82) is 0 Å². The lowest BCUT2D eigenvalue weighted by atomic mass is 9.96. The van der Waals surface area contributed by atoms with Crippen molar-refractivity contribution >= 4 is 5.91 Å². The van der Waals surface area contributed by atoms with Crippen molar-refractivity contribution in [3.05, 3.63) is 51.9 Å². The molecule has 3 heterocycles. The summed E-state index contributed by atoms with van der Waals surface area (Å²) in [6.07, 6.45) is 3.62. The number of aromatic amines is 1. The van der Waals surface area contributed by atoms with Gasteiger partial charge in [0.1, 0.15) is 5.82 Å². The summed E-state index contributed by atoms with van der Waals surface area (Å²) in [7, 11) is 0. The number of hydrogen-bond donors (Lipinski definition) is 2. The molecule has 7 heteroatoms. The number of benzene rings is 1. The lowest BCUT2D eigenvalue weighted by Crippen LogP contribution is -2.39. The van der Waals surface area contributed by atoms with Crippen LogP contribution in [-0.4, -0.2) is 46.6 Å². The second-order valence-corrected chi connectivity index (χ2v) is 7.63. The highest BCUT2D eigenvalue weighted by atomic mass is 16.5. The van der Waals surface area contributed by atoms with Crippen LogP contribution in [0.2, 0.25) is 0 Å². The summed E-state index contributed by atoms with van der Waals surface area (Å²) in [5.41, 5.74) is 8.20. The fraction of sp³-hybridized carbons (Fsp3) is 0.476. The first-order valence-electron chi connectivity index (χ1n) is 9.92. The number of nitrogens with zero attached hydrogens (tertiary/aromatic N) is 2. The monoisotopic (exact) mass is 382 g/mol. The van der Waals surface area contributed by atoms with E-state index in [0.717, 1.165) is 49.0 Å². The molecule has 1 atom stereocenters.